The zero-order valence-electron chi connectivity index (χ0n) is 16.3. The highest BCUT2D eigenvalue weighted by molar-refractivity contribution is 5.90. The quantitative estimate of drug-likeness (QED) is 0.694. The monoisotopic (exact) mass is 377 g/mol. The lowest BCUT2D eigenvalue weighted by Crippen LogP contribution is -2.47. The molecule has 3 aromatic rings. The maximum absolute atomic E-state index is 12.5. The topological polar surface area (TPSA) is 57.4 Å². The van der Waals surface area contributed by atoms with E-state index in [0.717, 1.165) is 41.8 Å². The van der Waals surface area contributed by atoms with E-state index < -0.39 is 0 Å². The molecule has 1 aromatic heterocycles. The number of nitrogens with one attached hydrogen (secondary N) is 2. The first-order chi connectivity index (χ1) is 13.7. The van der Waals surface area contributed by atoms with E-state index in [1.54, 1.807) is 0 Å². The summed E-state index contributed by atoms with van der Waals surface area (Å²) in [6, 6.07) is 18.6. The highest BCUT2D eigenvalue weighted by atomic mass is 16.5. The second-order valence-electron chi connectivity index (χ2n) is 7.47. The maximum Gasteiger partial charge on any atom is 0.224 e. The molecule has 0 saturated carbocycles. The van der Waals surface area contributed by atoms with Gasteiger partial charge in [0.05, 0.1) is 19.1 Å². The molecule has 1 saturated heterocycles. The second-order valence-corrected chi connectivity index (χ2v) is 7.47. The Kier molecular flexibility index (Phi) is 5.74. The van der Waals surface area contributed by atoms with Crippen molar-refractivity contribution in [2.45, 2.75) is 26.0 Å². The van der Waals surface area contributed by atoms with E-state index >= 15 is 0 Å². The molecule has 1 aliphatic rings. The van der Waals surface area contributed by atoms with Crippen molar-refractivity contribution in [2.75, 3.05) is 26.2 Å². The SMILES string of the molecule is Cc1[nH]c2ccccc2c1CC(=O)NCC1CN(Cc2ccccc2)CCO1. The van der Waals surface area contributed by atoms with Gasteiger partial charge >= 0.3 is 0 Å². The number of carbonyl (C=O) groups is 1. The van der Waals surface area contributed by atoms with Crippen LogP contribution in [0.3, 0.4) is 0 Å². The van der Waals surface area contributed by atoms with E-state index in [9.17, 15) is 4.79 Å². The highest BCUT2D eigenvalue weighted by Gasteiger charge is 2.21. The first-order valence-electron chi connectivity index (χ1n) is 9.90. The van der Waals surface area contributed by atoms with Crippen LogP contribution in [0, 0.1) is 6.92 Å². The van der Waals surface area contributed by atoms with Crippen molar-refractivity contribution in [1.29, 1.82) is 0 Å². The van der Waals surface area contributed by atoms with Gasteiger partial charge in [-0.25, -0.2) is 0 Å². The number of para-hydroxylation sites is 1. The molecule has 1 aliphatic heterocycles. The molecule has 2 heterocycles. The summed E-state index contributed by atoms with van der Waals surface area (Å²) < 4.78 is 5.86. The molecule has 5 heteroatoms. The number of hydrogen-bond acceptors (Lipinski definition) is 3. The molecule has 1 amide bonds. The number of H-pyrrole nitrogens is 1. The van der Waals surface area contributed by atoms with E-state index in [1.165, 1.54) is 5.56 Å². The Morgan fingerprint density at radius 3 is 2.82 bits per heavy atom. The average molecular weight is 377 g/mol. The molecule has 1 unspecified atom stereocenters. The van der Waals surface area contributed by atoms with Crippen LogP contribution < -0.4 is 5.32 Å². The van der Waals surface area contributed by atoms with E-state index in [0.29, 0.717) is 19.6 Å². The van der Waals surface area contributed by atoms with Gasteiger partial charge in [0.1, 0.15) is 0 Å². The molecule has 28 heavy (non-hydrogen) atoms. The number of nitrogens with zero attached hydrogens (tertiary/aromatic N) is 1. The number of benzene rings is 2. The van der Waals surface area contributed by atoms with Gasteiger partial charge in [0.2, 0.25) is 5.91 Å². The Labute approximate surface area is 165 Å². The fourth-order valence-corrected chi connectivity index (χ4v) is 3.90. The average Bonchev–Trinajstić information content (AvgIpc) is 3.03. The fraction of sp³-hybridized carbons (Fsp3) is 0.348. The molecule has 1 fully saturated rings. The predicted octanol–water partition coefficient (Wildman–Crippen LogP) is 3.04. The van der Waals surface area contributed by atoms with Crippen molar-refractivity contribution in [3.05, 3.63) is 71.4 Å². The number of morpholine rings is 1. The molecule has 146 valence electrons. The van der Waals surface area contributed by atoms with Gasteiger partial charge in [0.15, 0.2) is 0 Å². The minimum absolute atomic E-state index is 0.0329. The number of carbonyl (C=O) groups excluding carboxylic acids is 1. The van der Waals surface area contributed by atoms with Crippen molar-refractivity contribution < 1.29 is 9.53 Å². The van der Waals surface area contributed by atoms with Crippen LogP contribution in [0.15, 0.2) is 54.6 Å². The first-order valence-corrected chi connectivity index (χ1v) is 9.90. The lowest BCUT2D eigenvalue weighted by molar-refractivity contribution is -0.121. The number of rotatable bonds is 6. The lowest BCUT2D eigenvalue weighted by Gasteiger charge is -2.33. The molecule has 2 N–H and O–H groups in total. The molecule has 0 bridgehead atoms. The van der Waals surface area contributed by atoms with Crippen LogP contribution in [0.4, 0.5) is 0 Å². The molecule has 2 aromatic carbocycles. The zero-order chi connectivity index (χ0) is 19.3. The number of aromatic amines is 1. The minimum Gasteiger partial charge on any atom is -0.374 e. The Bertz CT molecular complexity index is 935. The van der Waals surface area contributed by atoms with Crippen LogP contribution in [0.25, 0.3) is 10.9 Å². The Morgan fingerprint density at radius 1 is 1.18 bits per heavy atom. The summed E-state index contributed by atoms with van der Waals surface area (Å²) in [5, 5.41) is 4.19. The van der Waals surface area contributed by atoms with E-state index in [-0.39, 0.29) is 12.0 Å². The van der Waals surface area contributed by atoms with Gasteiger partial charge in [-0.2, -0.15) is 0 Å². The van der Waals surface area contributed by atoms with Crippen molar-refractivity contribution in [3.8, 4) is 0 Å². The fourth-order valence-electron chi connectivity index (χ4n) is 3.90. The van der Waals surface area contributed by atoms with Crippen molar-refractivity contribution in [2.24, 2.45) is 0 Å². The van der Waals surface area contributed by atoms with Gasteiger partial charge in [-0.1, -0.05) is 48.5 Å². The van der Waals surface area contributed by atoms with Crippen molar-refractivity contribution in [1.82, 2.24) is 15.2 Å². The van der Waals surface area contributed by atoms with E-state index in [1.807, 2.05) is 31.2 Å². The van der Waals surface area contributed by atoms with Gasteiger partial charge in [0, 0.05) is 42.8 Å². The Balaban J connectivity index is 1.30. The van der Waals surface area contributed by atoms with Gasteiger partial charge in [0.25, 0.3) is 0 Å². The van der Waals surface area contributed by atoms with Crippen LogP contribution in [-0.2, 0) is 22.5 Å². The van der Waals surface area contributed by atoms with Crippen LogP contribution in [-0.4, -0.2) is 48.1 Å². The number of amides is 1. The third kappa shape index (κ3) is 4.43. The molecule has 5 nitrogen and oxygen atoms in total. The standard InChI is InChI=1S/C23H27N3O2/c1-17-21(20-9-5-6-10-22(20)25-17)13-23(27)24-14-19-16-26(11-12-28-19)15-18-7-3-2-4-8-18/h2-10,19,25H,11-16H2,1H3,(H,24,27). The van der Waals surface area contributed by atoms with Crippen molar-refractivity contribution >= 4 is 16.8 Å². The molecule has 0 spiro atoms. The molecular formula is C23H27N3O2. The molecular weight excluding hydrogens is 350 g/mol. The van der Waals surface area contributed by atoms with E-state index in [2.05, 4.69) is 45.5 Å². The second kappa shape index (κ2) is 8.59. The number of fused-ring (bicyclic) bond motifs is 1. The van der Waals surface area contributed by atoms with Gasteiger partial charge in [-0.05, 0) is 24.1 Å². The molecule has 0 aliphatic carbocycles. The summed E-state index contributed by atoms with van der Waals surface area (Å²) in [5.41, 5.74) is 4.51. The highest BCUT2D eigenvalue weighted by Crippen LogP contribution is 2.22. The van der Waals surface area contributed by atoms with Crippen LogP contribution >= 0.6 is 0 Å². The van der Waals surface area contributed by atoms with Gasteiger partial charge < -0.3 is 15.0 Å². The third-order valence-corrected chi connectivity index (χ3v) is 5.36. The summed E-state index contributed by atoms with van der Waals surface area (Å²) in [4.78, 5) is 18.3. The smallest absolute Gasteiger partial charge is 0.224 e. The largest absolute Gasteiger partial charge is 0.374 e. The minimum atomic E-state index is 0.0329. The Hall–Kier alpha value is -2.63. The Morgan fingerprint density at radius 2 is 1.96 bits per heavy atom. The summed E-state index contributed by atoms with van der Waals surface area (Å²) in [7, 11) is 0. The maximum atomic E-state index is 12.5. The summed E-state index contributed by atoms with van der Waals surface area (Å²) >= 11 is 0. The zero-order valence-corrected chi connectivity index (χ0v) is 16.3. The van der Waals surface area contributed by atoms with Crippen LogP contribution in [0.2, 0.25) is 0 Å². The summed E-state index contributed by atoms with van der Waals surface area (Å²) in [6.45, 7) is 5.95. The molecule has 1 atom stereocenters. The number of hydrogen-bond donors (Lipinski definition) is 2. The number of ether oxygens (including phenoxy) is 1. The predicted molar refractivity (Wildman–Crippen MR) is 111 cm³/mol. The molecule has 4 rings (SSSR count). The first kappa shape index (κ1) is 18.7. The summed E-state index contributed by atoms with van der Waals surface area (Å²) in [5.74, 6) is 0.0386. The van der Waals surface area contributed by atoms with Gasteiger partial charge in [-0.15, -0.1) is 0 Å². The normalized spacial score (nSPS) is 17.7. The van der Waals surface area contributed by atoms with Crippen molar-refractivity contribution in [3.63, 3.8) is 0 Å². The summed E-state index contributed by atoms with van der Waals surface area (Å²) in [6.07, 6.45) is 0.418. The molecule has 0 radical (unpaired) electrons. The van der Waals surface area contributed by atoms with Gasteiger partial charge in [-0.3, -0.25) is 9.69 Å². The number of aryl methyl sites for hydroxylation is 1. The van der Waals surface area contributed by atoms with Crippen LogP contribution in [0.1, 0.15) is 16.8 Å². The number of aromatic nitrogens is 1. The van der Waals surface area contributed by atoms with Crippen LogP contribution in [0.5, 0.6) is 0 Å². The van der Waals surface area contributed by atoms with E-state index in [4.69, 9.17) is 4.74 Å². The lowest BCUT2D eigenvalue weighted by atomic mass is 10.1. The third-order valence-electron chi connectivity index (χ3n) is 5.36.